The summed E-state index contributed by atoms with van der Waals surface area (Å²) >= 11 is 6.30. The maximum atomic E-state index is 11.0. The number of carbonyl (C=O) groups excluding carboxylic acids is 1. The fraction of sp³-hybridized carbons (Fsp3) is 0.500. The fourth-order valence-electron chi connectivity index (χ4n) is 0.660. The first-order valence-electron chi connectivity index (χ1n) is 3.38. The lowest BCUT2D eigenvalue weighted by atomic mass is 10.3. The Bertz CT molecular complexity index is 344. The molecule has 4 nitrogen and oxygen atoms in total. The molecule has 12 heavy (non-hydrogen) atoms. The van der Waals surface area contributed by atoms with Gasteiger partial charge in [-0.15, -0.1) is 5.10 Å². The molecule has 6 heteroatoms. The molecule has 0 spiro atoms. The zero-order chi connectivity index (χ0) is 9.14. The van der Waals surface area contributed by atoms with Crippen LogP contribution in [0.5, 0.6) is 0 Å². The van der Waals surface area contributed by atoms with E-state index >= 15 is 0 Å². The largest absolute Gasteiger partial charge is 0.326 e. The minimum absolute atomic E-state index is 0.0263. The third-order valence-electron chi connectivity index (χ3n) is 1.30. The molecule has 0 radical (unpaired) electrons. The average molecular weight is 207 g/mol. The van der Waals surface area contributed by atoms with Crippen LogP contribution in [0, 0.1) is 0 Å². The number of Topliss-reactive ketones (excluding diaryl/α,β-unsaturated/α-hetero) is 1. The molecule has 0 aromatic carbocycles. The molecule has 66 valence electrons. The number of aromatic nitrogens is 2. The molecule has 0 N–H and O–H groups in total. The van der Waals surface area contributed by atoms with Crippen molar-refractivity contribution >= 4 is 28.7 Å². The molecular weight excluding hydrogens is 200 g/mol. The smallest absolute Gasteiger partial charge is 0.298 e. The highest BCUT2D eigenvalue weighted by Gasteiger charge is 2.06. The van der Waals surface area contributed by atoms with Crippen molar-refractivity contribution in [3.8, 4) is 0 Å². The Morgan fingerprint density at radius 3 is 2.83 bits per heavy atom. The van der Waals surface area contributed by atoms with Crippen LogP contribution in [0.2, 0.25) is 4.47 Å². The Labute approximate surface area is 77.8 Å². The molecule has 0 aliphatic carbocycles. The summed E-state index contributed by atoms with van der Waals surface area (Å²) < 4.78 is 1.25. The van der Waals surface area contributed by atoms with Gasteiger partial charge in [-0.3, -0.25) is 9.59 Å². The number of nitrogens with zero attached hydrogens (tertiary/aromatic N) is 2. The minimum Gasteiger partial charge on any atom is -0.298 e. The Kier molecular flexibility index (Phi) is 2.99. The van der Waals surface area contributed by atoms with Crippen LogP contribution in [0.1, 0.15) is 13.3 Å². The second-order valence-corrected chi connectivity index (χ2v) is 3.69. The van der Waals surface area contributed by atoms with E-state index in [1.54, 1.807) is 6.92 Å². The molecule has 0 aliphatic heterocycles. The van der Waals surface area contributed by atoms with Gasteiger partial charge in [-0.05, 0) is 22.9 Å². The van der Waals surface area contributed by atoms with Crippen molar-refractivity contribution in [3.05, 3.63) is 14.1 Å². The van der Waals surface area contributed by atoms with Crippen molar-refractivity contribution in [2.24, 2.45) is 0 Å². The number of hydrogen-bond donors (Lipinski definition) is 0. The maximum absolute atomic E-state index is 11.0. The molecule has 0 bridgehead atoms. The summed E-state index contributed by atoms with van der Waals surface area (Å²) in [4.78, 5) is 21.6. The highest BCUT2D eigenvalue weighted by molar-refractivity contribution is 7.13. The minimum atomic E-state index is -0.290. The molecule has 1 aromatic heterocycles. The van der Waals surface area contributed by atoms with Crippen LogP contribution in [0.3, 0.4) is 0 Å². The average Bonchev–Trinajstić information content (AvgIpc) is 2.30. The van der Waals surface area contributed by atoms with Gasteiger partial charge in [0.25, 0.3) is 0 Å². The van der Waals surface area contributed by atoms with Gasteiger partial charge in [0.1, 0.15) is 6.54 Å². The molecular formula is C6H7ClN2O2S. The standard InChI is InChI=1S/C6H7ClN2O2S/c1-2-4(10)3-9-6(11)12-5(7)8-9/h2-3H2,1H3. The molecule has 0 aliphatic rings. The van der Waals surface area contributed by atoms with Crippen LogP contribution >= 0.6 is 22.9 Å². The highest BCUT2D eigenvalue weighted by Crippen LogP contribution is 2.05. The van der Waals surface area contributed by atoms with Crippen LogP contribution in [0.15, 0.2) is 4.79 Å². The first-order chi connectivity index (χ1) is 5.63. The van der Waals surface area contributed by atoms with E-state index in [2.05, 4.69) is 5.10 Å². The summed E-state index contributed by atoms with van der Waals surface area (Å²) in [5, 5.41) is 3.67. The molecule has 1 aromatic rings. The zero-order valence-corrected chi connectivity index (χ0v) is 7.98. The summed E-state index contributed by atoms with van der Waals surface area (Å²) in [5.74, 6) is -0.0286. The lowest BCUT2D eigenvalue weighted by molar-refractivity contribution is -0.119. The van der Waals surface area contributed by atoms with E-state index < -0.39 is 0 Å². The quantitative estimate of drug-likeness (QED) is 0.740. The van der Waals surface area contributed by atoms with Gasteiger partial charge >= 0.3 is 4.87 Å². The summed E-state index contributed by atoms with van der Waals surface area (Å²) in [6.45, 7) is 1.76. The number of halogens is 1. The van der Waals surface area contributed by atoms with Crippen molar-refractivity contribution in [1.29, 1.82) is 0 Å². The fourth-order valence-corrected chi connectivity index (χ4v) is 1.44. The van der Waals surface area contributed by atoms with Crippen molar-refractivity contribution in [2.45, 2.75) is 19.9 Å². The molecule has 0 amide bonds. The predicted octanol–water partition coefficient (Wildman–Crippen LogP) is 0.937. The van der Waals surface area contributed by atoms with E-state index in [0.717, 1.165) is 16.0 Å². The number of ketones is 1. The van der Waals surface area contributed by atoms with Crippen molar-refractivity contribution in [2.75, 3.05) is 0 Å². The van der Waals surface area contributed by atoms with Crippen molar-refractivity contribution < 1.29 is 4.79 Å². The summed E-state index contributed by atoms with van der Waals surface area (Å²) in [5.41, 5.74) is 0. The van der Waals surface area contributed by atoms with Crippen LogP contribution in [0.4, 0.5) is 0 Å². The van der Waals surface area contributed by atoms with Gasteiger partial charge in [-0.1, -0.05) is 6.92 Å². The Hall–Kier alpha value is -0.680. The van der Waals surface area contributed by atoms with Crippen LogP contribution in [-0.2, 0) is 11.3 Å². The number of hydrogen-bond acceptors (Lipinski definition) is 4. The summed E-state index contributed by atoms with van der Waals surface area (Å²) in [7, 11) is 0. The monoisotopic (exact) mass is 206 g/mol. The topological polar surface area (TPSA) is 52.0 Å². The van der Waals surface area contributed by atoms with E-state index in [9.17, 15) is 9.59 Å². The Morgan fingerprint density at radius 1 is 1.75 bits per heavy atom. The van der Waals surface area contributed by atoms with Crippen molar-refractivity contribution in [1.82, 2.24) is 9.78 Å². The van der Waals surface area contributed by atoms with Crippen LogP contribution in [0.25, 0.3) is 0 Å². The lowest BCUT2D eigenvalue weighted by Crippen LogP contribution is -2.19. The molecule has 1 rings (SSSR count). The van der Waals surface area contributed by atoms with Crippen LogP contribution in [-0.4, -0.2) is 15.6 Å². The van der Waals surface area contributed by atoms with Gasteiger partial charge in [-0.25, -0.2) is 4.68 Å². The van der Waals surface area contributed by atoms with Gasteiger partial charge < -0.3 is 0 Å². The van der Waals surface area contributed by atoms with Crippen LogP contribution < -0.4 is 4.87 Å². The molecule has 1 heterocycles. The van der Waals surface area contributed by atoms with Gasteiger partial charge in [-0.2, -0.15) is 0 Å². The van der Waals surface area contributed by atoms with Gasteiger partial charge in [0.15, 0.2) is 5.78 Å². The number of rotatable bonds is 3. The highest BCUT2D eigenvalue weighted by atomic mass is 35.5. The van der Waals surface area contributed by atoms with E-state index in [4.69, 9.17) is 11.6 Å². The Morgan fingerprint density at radius 2 is 2.42 bits per heavy atom. The molecule has 0 atom stereocenters. The molecule has 0 fully saturated rings. The van der Waals surface area contributed by atoms with E-state index in [1.165, 1.54) is 0 Å². The lowest BCUT2D eigenvalue weighted by Gasteiger charge is -1.94. The predicted molar refractivity (Wildman–Crippen MR) is 46.7 cm³/mol. The Balaban J connectivity index is 2.82. The normalized spacial score (nSPS) is 10.2. The second kappa shape index (κ2) is 3.82. The van der Waals surface area contributed by atoms with Crippen molar-refractivity contribution in [3.63, 3.8) is 0 Å². The first kappa shape index (κ1) is 9.41. The summed E-state index contributed by atoms with van der Waals surface area (Å²) in [6, 6.07) is 0. The summed E-state index contributed by atoms with van der Waals surface area (Å²) in [6.07, 6.45) is 0.404. The molecule has 0 unspecified atom stereocenters. The molecule has 0 saturated heterocycles. The third-order valence-corrected chi connectivity index (χ3v) is 2.24. The zero-order valence-electron chi connectivity index (χ0n) is 6.41. The number of carbonyl (C=O) groups is 1. The first-order valence-corrected chi connectivity index (χ1v) is 4.58. The molecule has 0 saturated carbocycles. The maximum Gasteiger partial charge on any atom is 0.326 e. The third kappa shape index (κ3) is 2.15. The van der Waals surface area contributed by atoms with E-state index in [-0.39, 0.29) is 21.7 Å². The van der Waals surface area contributed by atoms with Gasteiger partial charge in [0, 0.05) is 6.42 Å². The van der Waals surface area contributed by atoms with Gasteiger partial charge in [0.05, 0.1) is 0 Å². The van der Waals surface area contributed by atoms with E-state index in [0.29, 0.717) is 6.42 Å². The van der Waals surface area contributed by atoms with E-state index in [1.807, 2.05) is 0 Å². The SMILES string of the molecule is CCC(=O)Cn1nc(Cl)sc1=O. The van der Waals surface area contributed by atoms with Gasteiger partial charge in [0.2, 0.25) is 4.47 Å². The second-order valence-electron chi connectivity index (χ2n) is 2.17.